The molecule has 2 heterocycles. The Morgan fingerprint density at radius 3 is 2.54 bits per heavy atom. The number of carbonyl (C=O) groups is 3. The Hall–Kier alpha value is -4.69. The number of aryl methyl sites for hydroxylation is 1. The lowest BCUT2D eigenvalue weighted by Gasteiger charge is -2.20. The number of esters is 1. The van der Waals surface area contributed by atoms with Crippen molar-refractivity contribution in [2.24, 2.45) is 5.73 Å². The predicted octanol–water partition coefficient (Wildman–Crippen LogP) is 4.97. The van der Waals surface area contributed by atoms with E-state index in [1.165, 1.54) is 0 Å². The highest BCUT2D eigenvalue weighted by molar-refractivity contribution is 6.34. The molecule has 0 bridgehead atoms. The van der Waals surface area contributed by atoms with Crippen molar-refractivity contribution in [2.45, 2.75) is 19.3 Å². The van der Waals surface area contributed by atoms with Crippen molar-refractivity contribution in [3.05, 3.63) is 105 Å². The monoisotopic (exact) mass is 538 g/mol. The number of carbonyl (C=O) groups excluding carboxylic acids is 3. The lowest BCUT2D eigenvalue weighted by molar-refractivity contribution is -0.134. The van der Waals surface area contributed by atoms with E-state index in [0.717, 1.165) is 33.6 Å². The molecular weight excluding hydrogens is 516 g/mol. The van der Waals surface area contributed by atoms with E-state index < -0.39 is 5.91 Å². The van der Waals surface area contributed by atoms with E-state index in [0.29, 0.717) is 47.7 Å². The molecule has 1 aromatic heterocycles. The van der Waals surface area contributed by atoms with Crippen LogP contribution in [-0.2, 0) is 22.4 Å². The lowest BCUT2D eigenvalue weighted by Crippen LogP contribution is -2.15. The fraction of sp³-hybridized carbons (Fsp3) is 0.133. The molecule has 3 aromatic carbocycles. The third-order valence-electron chi connectivity index (χ3n) is 6.95. The third kappa shape index (κ3) is 4.59. The molecule has 0 unspecified atom stereocenters. The fourth-order valence-electron chi connectivity index (χ4n) is 5.04. The molecule has 3 N–H and O–H groups in total. The van der Waals surface area contributed by atoms with E-state index in [1.807, 2.05) is 48.5 Å². The van der Waals surface area contributed by atoms with Crippen molar-refractivity contribution >= 4 is 41.1 Å². The first-order valence-corrected chi connectivity index (χ1v) is 12.9. The number of aromatic nitrogens is 2. The molecule has 4 aromatic rings. The maximum absolute atomic E-state index is 12.9. The van der Waals surface area contributed by atoms with Gasteiger partial charge in [0.1, 0.15) is 0 Å². The molecule has 2 aliphatic rings. The van der Waals surface area contributed by atoms with E-state index >= 15 is 0 Å². The van der Waals surface area contributed by atoms with Crippen LogP contribution >= 0.6 is 11.6 Å². The molecule has 0 spiro atoms. The molecule has 1 fully saturated rings. The van der Waals surface area contributed by atoms with Gasteiger partial charge in [0.15, 0.2) is 5.69 Å². The summed E-state index contributed by atoms with van der Waals surface area (Å²) in [6.07, 6.45) is 3.71. The largest absolute Gasteiger partial charge is 0.462 e. The number of nitrogens with two attached hydrogens (primary N) is 1. The van der Waals surface area contributed by atoms with Crippen molar-refractivity contribution < 1.29 is 19.1 Å². The number of hydrogen-bond acceptors (Lipinski definition) is 5. The highest BCUT2D eigenvalue weighted by atomic mass is 35.5. The molecule has 9 heteroatoms. The van der Waals surface area contributed by atoms with Crippen molar-refractivity contribution in [3.8, 4) is 16.9 Å². The molecule has 6 rings (SSSR count). The quantitative estimate of drug-likeness (QED) is 0.275. The van der Waals surface area contributed by atoms with E-state index in [1.54, 1.807) is 28.9 Å². The zero-order valence-corrected chi connectivity index (χ0v) is 21.5. The van der Waals surface area contributed by atoms with Gasteiger partial charge in [0.25, 0.3) is 11.8 Å². The summed E-state index contributed by atoms with van der Waals surface area (Å²) in [6, 6.07) is 20.1. The summed E-state index contributed by atoms with van der Waals surface area (Å²) in [5, 5.41) is 7.89. The molecule has 0 saturated carbocycles. The maximum Gasteiger partial charge on any atom is 0.334 e. The van der Waals surface area contributed by atoms with Gasteiger partial charge in [-0.05, 0) is 66.4 Å². The van der Waals surface area contributed by atoms with Crippen LogP contribution in [-0.4, -0.2) is 34.2 Å². The molecule has 0 atom stereocenters. The average Bonchev–Trinajstić information content (AvgIpc) is 3.53. The Morgan fingerprint density at radius 1 is 1.03 bits per heavy atom. The van der Waals surface area contributed by atoms with Gasteiger partial charge >= 0.3 is 5.97 Å². The summed E-state index contributed by atoms with van der Waals surface area (Å²) in [7, 11) is 0. The predicted molar refractivity (Wildman–Crippen MR) is 148 cm³/mol. The van der Waals surface area contributed by atoms with Crippen LogP contribution in [0, 0.1) is 0 Å². The van der Waals surface area contributed by atoms with Gasteiger partial charge in [0, 0.05) is 28.8 Å². The van der Waals surface area contributed by atoms with Gasteiger partial charge in [-0.2, -0.15) is 5.10 Å². The Kier molecular flexibility index (Phi) is 6.24. The topological polar surface area (TPSA) is 116 Å². The number of ether oxygens (including phenoxy) is 1. The van der Waals surface area contributed by atoms with Gasteiger partial charge in [0.2, 0.25) is 0 Å². The number of fused-ring (bicyclic) bond motifs is 3. The standard InChI is InChI=1S/C30H23ClN4O4/c31-25-4-2-1-3-22(25)29(37)33-20-9-7-18-8-12-23-26(28(32)36)34-35(27(23)24(18)16-20)21-10-5-17(6-11-21)15-19-13-14-39-30(19)38/h1-7,9-11,15-16H,8,12-14H2,(H2,32,36)(H,33,37). The molecule has 1 aliphatic heterocycles. The molecule has 2 amide bonds. The summed E-state index contributed by atoms with van der Waals surface area (Å²) >= 11 is 6.21. The van der Waals surface area contributed by atoms with Crippen molar-refractivity contribution in [3.63, 3.8) is 0 Å². The summed E-state index contributed by atoms with van der Waals surface area (Å²) in [5.41, 5.74) is 12.6. The fourth-order valence-corrected chi connectivity index (χ4v) is 5.26. The number of amides is 2. The van der Waals surface area contributed by atoms with Crippen molar-refractivity contribution in [1.29, 1.82) is 0 Å². The van der Waals surface area contributed by atoms with Crippen LogP contribution in [0.15, 0.2) is 72.3 Å². The van der Waals surface area contributed by atoms with Gasteiger partial charge in [-0.25, -0.2) is 9.48 Å². The van der Waals surface area contributed by atoms with Gasteiger partial charge in [0.05, 0.1) is 28.6 Å². The zero-order valence-electron chi connectivity index (χ0n) is 20.7. The molecule has 1 aliphatic carbocycles. The van der Waals surface area contributed by atoms with E-state index in [4.69, 9.17) is 22.1 Å². The molecule has 0 radical (unpaired) electrons. The minimum Gasteiger partial charge on any atom is -0.462 e. The normalized spacial score (nSPS) is 15.0. The van der Waals surface area contributed by atoms with E-state index in [2.05, 4.69) is 10.4 Å². The molecule has 194 valence electrons. The SMILES string of the molecule is NC(=O)c1nn(-c2ccc(C=C3CCOC3=O)cc2)c2c1CCc1ccc(NC(=O)c3ccccc3Cl)cc1-2. The second-order valence-corrected chi connectivity index (χ2v) is 9.81. The average molecular weight is 539 g/mol. The number of benzene rings is 3. The highest BCUT2D eigenvalue weighted by Gasteiger charge is 2.28. The van der Waals surface area contributed by atoms with Gasteiger partial charge in [-0.15, -0.1) is 0 Å². The first-order chi connectivity index (χ1) is 18.9. The first-order valence-electron chi connectivity index (χ1n) is 12.5. The number of hydrogen-bond donors (Lipinski definition) is 2. The summed E-state index contributed by atoms with van der Waals surface area (Å²) in [5.74, 6) is -1.21. The number of primary amides is 1. The van der Waals surface area contributed by atoms with Gasteiger partial charge in [-0.3, -0.25) is 9.59 Å². The highest BCUT2D eigenvalue weighted by Crippen LogP contribution is 2.38. The van der Waals surface area contributed by atoms with Crippen molar-refractivity contribution in [1.82, 2.24) is 9.78 Å². The van der Waals surface area contributed by atoms with Crippen LogP contribution in [0.2, 0.25) is 5.02 Å². The smallest absolute Gasteiger partial charge is 0.334 e. The number of halogens is 1. The van der Waals surface area contributed by atoms with Crippen LogP contribution in [0.4, 0.5) is 5.69 Å². The molecular formula is C30H23ClN4O4. The van der Waals surface area contributed by atoms with E-state index in [-0.39, 0.29) is 17.6 Å². The van der Waals surface area contributed by atoms with Crippen LogP contribution in [0.3, 0.4) is 0 Å². The Labute approximate surface area is 229 Å². The maximum atomic E-state index is 12.9. The number of rotatable bonds is 5. The molecule has 8 nitrogen and oxygen atoms in total. The molecule has 1 saturated heterocycles. The summed E-state index contributed by atoms with van der Waals surface area (Å²) in [6.45, 7) is 0.401. The van der Waals surface area contributed by atoms with Crippen molar-refractivity contribution in [2.75, 3.05) is 11.9 Å². The lowest BCUT2D eigenvalue weighted by atomic mass is 9.88. The van der Waals surface area contributed by atoms with Crippen LogP contribution in [0.1, 0.15) is 44.0 Å². The van der Waals surface area contributed by atoms with Gasteiger partial charge < -0.3 is 15.8 Å². The minimum absolute atomic E-state index is 0.223. The summed E-state index contributed by atoms with van der Waals surface area (Å²) in [4.78, 5) is 37.1. The third-order valence-corrected chi connectivity index (χ3v) is 7.28. The number of nitrogens with one attached hydrogen (secondary N) is 1. The number of cyclic esters (lactones) is 1. The number of anilines is 1. The van der Waals surface area contributed by atoms with Crippen LogP contribution < -0.4 is 11.1 Å². The summed E-state index contributed by atoms with van der Waals surface area (Å²) < 4.78 is 6.73. The van der Waals surface area contributed by atoms with Crippen LogP contribution in [0.25, 0.3) is 23.0 Å². The number of nitrogens with zero attached hydrogens (tertiary/aromatic N) is 2. The van der Waals surface area contributed by atoms with E-state index in [9.17, 15) is 14.4 Å². The second-order valence-electron chi connectivity index (χ2n) is 9.40. The zero-order chi connectivity index (χ0) is 27.1. The first kappa shape index (κ1) is 24.6. The second kappa shape index (κ2) is 9.89. The van der Waals surface area contributed by atoms with Gasteiger partial charge in [-0.1, -0.05) is 41.9 Å². The Morgan fingerprint density at radius 2 is 1.82 bits per heavy atom. The van der Waals surface area contributed by atoms with Crippen LogP contribution in [0.5, 0.6) is 0 Å². The molecule has 39 heavy (non-hydrogen) atoms. The Balaban J connectivity index is 1.39. The Bertz CT molecular complexity index is 1690. The minimum atomic E-state index is -0.599.